The van der Waals surface area contributed by atoms with E-state index >= 15 is 0 Å². The molecule has 1 saturated heterocycles. The normalized spacial score (nSPS) is 23.5. The van der Waals surface area contributed by atoms with E-state index in [1.165, 1.54) is 11.3 Å². The summed E-state index contributed by atoms with van der Waals surface area (Å²) in [6.45, 7) is 3.04. The minimum atomic E-state index is -0.678. The molecule has 7 heteroatoms. The van der Waals surface area contributed by atoms with Crippen LogP contribution in [0.3, 0.4) is 0 Å². The number of rotatable bonds is 2. The van der Waals surface area contributed by atoms with Gasteiger partial charge in [0, 0.05) is 27.2 Å². The number of amides is 1. The highest BCUT2D eigenvalue weighted by molar-refractivity contribution is 7.18. The van der Waals surface area contributed by atoms with Gasteiger partial charge in [-0.15, -0.1) is 0 Å². The van der Waals surface area contributed by atoms with Gasteiger partial charge in [-0.25, -0.2) is 4.98 Å². The van der Waals surface area contributed by atoms with Crippen LogP contribution in [0.5, 0.6) is 0 Å². The Bertz CT molecular complexity index is 499. The molecule has 2 heterocycles. The highest BCUT2D eigenvalue weighted by Gasteiger charge is 2.29. The van der Waals surface area contributed by atoms with Crippen LogP contribution >= 0.6 is 11.3 Å². The zero-order valence-corrected chi connectivity index (χ0v) is 13.0. The third kappa shape index (κ3) is 3.21. The molecule has 20 heavy (non-hydrogen) atoms. The Morgan fingerprint density at radius 3 is 2.75 bits per heavy atom. The van der Waals surface area contributed by atoms with E-state index in [2.05, 4.69) is 4.98 Å². The Morgan fingerprint density at radius 2 is 2.15 bits per heavy atom. The number of nitrogen functional groups attached to an aromatic ring is 1. The molecule has 1 aliphatic rings. The maximum absolute atomic E-state index is 12.5. The van der Waals surface area contributed by atoms with Gasteiger partial charge in [0.05, 0.1) is 5.60 Å². The minimum absolute atomic E-state index is 0.0780. The van der Waals surface area contributed by atoms with Crippen LogP contribution in [-0.4, -0.2) is 53.7 Å². The van der Waals surface area contributed by atoms with Crippen molar-refractivity contribution in [3.05, 3.63) is 4.88 Å². The lowest BCUT2D eigenvalue weighted by atomic mass is 9.98. The van der Waals surface area contributed by atoms with E-state index in [4.69, 9.17) is 5.73 Å². The summed E-state index contributed by atoms with van der Waals surface area (Å²) in [6, 6.07) is 0. The van der Waals surface area contributed by atoms with Crippen molar-refractivity contribution >= 4 is 28.2 Å². The molecule has 1 atom stereocenters. The van der Waals surface area contributed by atoms with Crippen LogP contribution in [0.4, 0.5) is 10.9 Å². The molecular weight excluding hydrogens is 276 g/mol. The number of nitrogens with zero attached hydrogens (tertiary/aromatic N) is 3. The smallest absolute Gasteiger partial charge is 0.267 e. The Morgan fingerprint density at radius 1 is 1.45 bits per heavy atom. The summed E-state index contributed by atoms with van der Waals surface area (Å²) in [5, 5.41) is 10.8. The average molecular weight is 298 g/mol. The lowest BCUT2D eigenvalue weighted by Gasteiger charge is -2.22. The Kier molecular flexibility index (Phi) is 4.19. The van der Waals surface area contributed by atoms with Crippen LogP contribution in [-0.2, 0) is 0 Å². The summed E-state index contributed by atoms with van der Waals surface area (Å²) >= 11 is 1.31. The SMILES string of the molecule is CN(C)c1nc(N)c(C(=O)N2CCCC(C)(O)CC2)s1. The summed E-state index contributed by atoms with van der Waals surface area (Å²) in [4.78, 5) is 20.8. The molecule has 0 aliphatic carbocycles. The van der Waals surface area contributed by atoms with Gasteiger partial charge in [-0.3, -0.25) is 4.79 Å². The van der Waals surface area contributed by atoms with Crippen molar-refractivity contribution in [1.82, 2.24) is 9.88 Å². The van der Waals surface area contributed by atoms with E-state index in [-0.39, 0.29) is 5.91 Å². The highest BCUT2D eigenvalue weighted by Crippen LogP contribution is 2.29. The van der Waals surface area contributed by atoms with Crippen molar-refractivity contribution in [3.63, 3.8) is 0 Å². The number of aliphatic hydroxyl groups is 1. The van der Waals surface area contributed by atoms with Crippen LogP contribution in [0.1, 0.15) is 35.9 Å². The first-order chi connectivity index (χ1) is 9.30. The summed E-state index contributed by atoms with van der Waals surface area (Å²) in [6.07, 6.45) is 2.12. The molecule has 1 unspecified atom stereocenters. The highest BCUT2D eigenvalue weighted by atomic mass is 32.1. The second kappa shape index (κ2) is 5.57. The monoisotopic (exact) mass is 298 g/mol. The second-order valence-electron chi connectivity index (χ2n) is 5.75. The summed E-state index contributed by atoms with van der Waals surface area (Å²) in [5.74, 6) is 0.213. The molecule has 1 aromatic heterocycles. The van der Waals surface area contributed by atoms with Crippen molar-refractivity contribution in [1.29, 1.82) is 0 Å². The van der Waals surface area contributed by atoms with Crippen molar-refractivity contribution < 1.29 is 9.90 Å². The Hall–Kier alpha value is -1.34. The van der Waals surface area contributed by atoms with Gasteiger partial charge in [-0.05, 0) is 26.2 Å². The molecule has 2 rings (SSSR count). The van der Waals surface area contributed by atoms with Gasteiger partial charge in [-0.2, -0.15) is 0 Å². The fourth-order valence-corrected chi connectivity index (χ4v) is 3.15. The first-order valence-electron chi connectivity index (χ1n) is 6.75. The number of hydrogen-bond acceptors (Lipinski definition) is 6. The van der Waals surface area contributed by atoms with E-state index in [1.54, 1.807) is 4.90 Å². The minimum Gasteiger partial charge on any atom is -0.390 e. The topological polar surface area (TPSA) is 82.7 Å². The fraction of sp³-hybridized carbons (Fsp3) is 0.692. The summed E-state index contributed by atoms with van der Waals surface area (Å²) in [5.41, 5.74) is 5.18. The molecule has 0 bridgehead atoms. The number of aromatic nitrogens is 1. The quantitative estimate of drug-likeness (QED) is 0.856. The van der Waals surface area contributed by atoms with Crippen molar-refractivity contribution in [2.45, 2.75) is 31.8 Å². The second-order valence-corrected chi connectivity index (χ2v) is 6.73. The predicted octanol–water partition coefficient (Wildman–Crippen LogP) is 1.17. The number of thiazole rings is 1. The lowest BCUT2D eigenvalue weighted by Crippen LogP contribution is -2.33. The van der Waals surface area contributed by atoms with Gasteiger partial charge in [-0.1, -0.05) is 11.3 Å². The molecule has 1 aliphatic heterocycles. The number of hydrogen-bond donors (Lipinski definition) is 2. The standard InChI is InChI=1S/C13H22N4O2S/c1-13(19)5-4-7-17(8-6-13)11(18)9-10(14)15-12(20-9)16(2)3/h19H,4-8,14H2,1-3H3. The third-order valence-electron chi connectivity index (χ3n) is 3.57. The molecule has 3 N–H and O–H groups in total. The Labute approximate surface area is 123 Å². The Balaban J connectivity index is 2.15. The van der Waals surface area contributed by atoms with Crippen molar-refractivity contribution in [2.24, 2.45) is 0 Å². The number of carbonyl (C=O) groups is 1. The van der Waals surface area contributed by atoms with Gasteiger partial charge >= 0.3 is 0 Å². The third-order valence-corrected chi connectivity index (χ3v) is 4.80. The molecule has 1 amide bonds. The van der Waals surface area contributed by atoms with E-state index in [9.17, 15) is 9.90 Å². The lowest BCUT2D eigenvalue weighted by molar-refractivity contribution is 0.0438. The van der Waals surface area contributed by atoms with Crippen LogP contribution in [0.15, 0.2) is 0 Å². The van der Waals surface area contributed by atoms with Crippen LogP contribution < -0.4 is 10.6 Å². The number of nitrogens with two attached hydrogens (primary N) is 1. The summed E-state index contributed by atoms with van der Waals surface area (Å²) < 4.78 is 0. The van der Waals surface area contributed by atoms with Gasteiger partial charge in [0.1, 0.15) is 10.7 Å². The molecule has 0 saturated carbocycles. The average Bonchev–Trinajstić information content (AvgIpc) is 2.65. The van der Waals surface area contributed by atoms with Crippen LogP contribution in [0, 0.1) is 0 Å². The van der Waals surface area contributed by atoms with Gasteiger partial charge in [0.15, 0.2) is 5.13 Å². The molecule has 6 nitrogen and oxygen atoms in total. The maximum Gasteiger partial charge on any atom is 0.267 e. The molecule has 0 spiro atoms. The first kappa shape index (κ1) is 15.1. The molecule has 112 valence electrons. The first-order valence-corrected chi connectivity index (χ1v) is 7.57. The van der Waals surface area contributed by atoms with Gasteiger partial charge in [0.2, 0.25) is 0 Å². The maximum atomic E-state index is 12.5. The van der Waals surface area contributed by atoms with Gasteiger partial charge < -0.3 is 20.6 Å². The number of carbonyl (C=O) groups excluding carboxylic acids is 1. The molecular formula is C13H22N4O2S. The van der Waals surface area contributed by atoms with E-state index < -0.39 is 5.60 Å². The van der Waals surface area contributed by atoms with E-state index in [0.717, 1.165) is 18.0 Å². The predicted molar refractivity (Wildman–Crippen MR) is 81.2 cm³/mol. The van der Waals surface area contributed by atoms with Crippen molar-refractivity contribution in [3.8, 4) is 0 Å². The van der Waals surface area contributed by atoms with Crippen molar-refractivity contribution in [2.75, 3.05) is 37.8 Å². The van der Waals surface area contributed by atoms with E-state index in [1.807, 2.05) is 25.9 Å². The molecule has 0 aromatic carbocycles. The largest absolute Gasteiger partial charge is 0.390 e. The molecule has 1 aromatic rings. The van der Waals surface area contributed by atoms with Gasteiger partial charge in [0.25, 0.3) is 5.91 Å². The van der Waals surface area contributed by atoms with E-state index in [0.29, 0.717) is 30.2 Å². The fourth-order valence-electron chi connectivity index (χ4n) is 2.27. The number of likely N-dealkylation sites (tertiary alicyclic amines) is 1. The van der Waals surface area contributed by atoms with Crippen LogP contribution in [0.25, 0.3) is 0 Å². The zero-order chi connectivity index (χ0) is 14.9. The summed E-state index contributed by atoms with van der Waals surface area (Å²) in [7, 11) is 3.74. The molecule has 0 radical (unpaired) electrons. The number of anilines is 2. The van der Waals surface area contributed by atoms with Crippen LogP contribution in [0.2, 0.25) is 0 Å². The zero-order valence-electron chi connectivity index (χ0n) is 12.2. The molecule has 1 fully saturated rings.